The van der Waals surface area contributed by atoms with Gasteiger partial charge >= 0.3 is 5.69 Å². The van der Waals surface area contributed by atoms with E-state index in [1.165, 1.54) is 25.3 Å². The van der Waals surface area contributed by atoms with E-state index < -0.39 is 10.8 Å². The number of carbonyl (C=O) groups excluding carboxylic acids is 1. The lowest BCUT2D eigenvalue weighted by atomic mass is 10.1. The van der Waals surface area contributed by atoms with Crippen LogP contribution in [0.1, 0.15) is 29.8 Å². The molecular formula is C19H19N3O5. The molecule has 0 atom stereocenters. The number of aliphatic imine (C=N–C) groups is 1. The van der Waals surface area contributed by atoms with Crippen LogP contribution in [0.3, 0.4) is 0 Å². The summed E-state index contributed by atoms with van der Waals surface area (Å²) >= 11 is 0. The van der Waals surface area contributed by atoms with E-state index in [1.807, 2.05) is 26.0 Å². The van der Waals surface area contributed by atoms with Crippen LogP contribution < -0.4 is 10.1 Å². The van der Waals surface area contributed by atoms with E-state index in [-0.39, 0.29) is 22.5 Å². The van der Waals surface area contributed by atoms with Gasteiger partial charge in [0.05, 0.1) is 28.8 Å². The minimum Gasteiger partial charge on any atom is -0.490 e. The van der Waals surface area contributed by atoms with Gasteiger partial charge in [0.2, 0.25) is 5.90 Å². The van der Waals surface area contributed by atoms with Crippen molar-refractivity contribution in [3.8, 4) is 5.75 Å². The number of benzene rings is 2. The zero-order valence-corrected chi connectivity index (χ0v) is 15.2. The molecule has 0 spiro atoms. The highest BCUT2D eigenvalue weighted by molar-refractivity contribution is 6.09. The summed E-state index contributed by atoms with van der Waals surface area (Å²) in [6.07, 6.45) is 0. The van der Waals surface area contributed by atoms with E-state index in [4.69, 9.17) is 9.47 Å². The first-order valence-electron chi connectivity index (χ1n) is 8.26. The molecule has 1 amide bonds. The van der Waals surface area contributed by atoms with Crippen molar-refractivity contribution in [1.82, 2.24) is 0 Å². The number of amides is 1. The van der Waals surface area contributed by atoms with Gasteiger partial charge in [-0.15, -0.1) is 0 Å². The largest absolute Gasteiger partial charge is 0.490 e. The smallest absolute Gasteiger partial charge is 0.310 e. The van der Waals surface area contributed by atoms with Crippen LogP contribution in [0.5, 0.6) is 5.75 Å². The van der Waals surface area contributed by atoms with E-state index in [9.17, 15) is 14.9 Å². The Kier molecular flexibility index (Phi) is 4.81. The summed E-state index contributed by atoms with van der Waals surface area (Å²) in [5.41, 5.74) is 0.923. The molecule has 8 nitrogen and oxygen atoms in total. The van der Waals surface area contributed by atoms with Crippen LogP contribution in [0.2, 0.25) is 0 Å². The molecule has 2 aromatic carbocycles. The molecule has 3 rings (SSSR count). The van der Waals surface area contributed by atoms with Crippen molar-refractivity contribution in [3.63, 3.8) is 0 Å². The molecule has 0 bridgehead atoms. The maximum atomic E-state index is 12.6. The van der Waals surface area contributed by atoms with E-state index in [0.717, 1.165) is 0 Å². The minimum atomic E-state index is -0.562. The number of nitro groups is 1. The van der Waals surface area contributed by atoms with Crippen LogP contribution in [0, 0.1) is 10.1 Å². The second kappa shape index (κ2) is 7.06. The fourth-order valence-electron chi connectivity index (χ4n) is 2.67. The maximum Gasteiger partial charge on any atom is 0.310 e. The molecule has 0 fully saturated rings. The molecule has 0 unspecified atom stereocenters. The number of anilines is 1. The predicted molar refractivity (Wildman–Crippen MR) is 101 cm³/mol. The molecule has 2 aromatic rings. The van der Waals surface area contributed by atoms with Crippen LogP contribution in [0.4, 0.5) is 11.4 Å². The lowest BCUT2D eigenvalue weighted by molar-refractivity contribution is -0.385. The zero-order chi connectivity index (χ0) is 19.6. The Labute approximate surface area is 156 Å². The Balaban J connectivity index is 1.89. The zero-order valence-electron chi connectivity index (χ0n) is 15.2. The molecule has 0 saturated carbocycles. The van der Waals surface area contributed by atoms with Crippen molar-refractivity contribution in [3.05, 3.63) is 63.7 Å². The summed E-state index contributed by atoms with van der Waals surface area (Å²) in [5, 5.41) is 13.8. The Morgan fingerprint density at radius 3 is 2.67 bits per heavy atom. The summed E-state index contributed by atoms with van der Waals surface area (Å²) in [6, 6.07) is 11.1. The lowest BCUT2D eigenvalue weighted by Crippen LogP contribution is -2.17. The third-order valence-corrected chi connectivity index (χ3v) is 4.01. The first kappa shape index (κ1) is 18.4. The van der Waals surface area contributed by atoms with Crippen LogP contribution in [0.15, 0.2) is 47.5 Å². The molecule has 27 heavy (non-hydrogen) atoms. The highest BCUT2D eigenvalue weighted by atomic mass is 16.6. The van der Waals surface area contributed by atoms with Gasteiger partial charge in [0, 0.05) is 17.7 Å². The second-order valence-electron chi connectivity index (χ2n) is 6.66. The molecule has 1 heterocycles. The Morgan fingerprint density at radius 2 is 2.04 bits per heavy atom. The quantitative estimate of drug-likeness (QED) is 0.642. The number of nitro benzene ring substituents is 1. The molecule has 0 radical (unpaired) electrons. The van der Waals surface area contributed by atoms with Gasteiger partial charge in [0.25, 0.3) is 5.91 Å². The molecule has 140 valence electrons. The number of ether oxygens (including phenoxy) is 2. The summed E-state index contributed by atoms with van der Waals surface area (Å²) in [6.45, 7) is 4.39. The third kappa shape index (κ3) is 3.89. The van der Waals surface area contributed by atoms with E-state index in [1.54, 1.807) is 12.1 Å². The van der Waals surface area contributed by atoms with Gasteiger partial charge in [-0.2, -0.15) is 0 Å². The van der Waals surface area contributed by atoms with Crippen LogP contribution >= 0.6 is 0 Å². The van der Waals surface area contributed by atoms with Crippen molar-refractivity contribution in [2.75, 3.05) is 19.0 Å². The second-order valence-corrected chi connectivity index (χ2v) is 6.66. The van der Waals surface area contributed by atoms with Gasteiger partial charge in [-0.05, 0) is 32.0 Å². The van der Waals surface area contributed by atoms with Crippen molar-refractivity contribution in [1.29, 1.82) is 0 Å². The highest BCUT2D eigenvalue weighted by Crippen LogP contribution is 2.29. The van der Waals surface area contributed by atoms with E-state index in [0.29, 0.717) is 23.8 Å². The van der Waals surface area contributed by atoms with E-state index >= 15 is 0 Å². The fourth-order valence-corrected chi connectivity index (χ4v) is 2.67. The molecule has 1 N–H and O–H groups in total. The average Bonchev–Trinajstić information content (AvgIpc) is 3.01. The summed E-state index contributed by atoms with van der Waals surface area (Å²) < 4.78 is 10.7. The minimum absolute atomic E-state index is 0.0196. The number of nitrogens with one attached hydrogen (secondary N) is 1. The van der Waals surface area contributed by atoms with E-state index in [2.05, 4.69) is 10.3 Å². The molecule has 1 aliphatic rings. The van der Waals surface area contributed by atoms with Gasteiger partial charge in [-0.1, -0.05) is 12.1 Å². The molecule has 0 saturated heterocycles. The van der Waals surface area contributed by atoms with Crippen molar-refractivity contribution < 1.29 is 19.2 Å². The van der Waals surface area contributed by atoms with Crippen LogP contribution in [-0.2, 0) is 4.74 Å². The predicted octanol–water partition coefficient (Wildman–Crippen LogP) is 3.41. The van der Waals surface area contributed by atoms with Gasteiger partial charge in [0.1, 0.15) is 6.61 Å². The van der Waals surface area contributed by atoms with Gasteiger partial charge < -0.3 is 14.8 Å². The monoisotopic (exact) mass is 369 g/mol. The van der Waals surface area contributed by atoms with Crippen LogP contribution in [-0.4, -0.2) is 36.0 Å². The molecule has 0 aromatic heterocycles. The Morgan fingerprint density at radius 1 is 1.30 bits per heavy atom. The number of carbonyl (C=O) groups is 1. The molecule has 1 aliphatic heterocycles. The van der Waals surface area contributed by atoms with Crippen molar-refractivity contribution in [2.45, 2.75) is 19.4 Å². The number of rotatable bonds is 5. The first-order chi connectivity index (χ1) is 12.8. The summed E-state index contributed by atoms with van der Waals surface area (Å²) in [5.74, 6) is 0.0665. The average molecular weight is 369 g/mol. The van der Waals surface area contributed by atoms with Gasteiger partial charge in [0.15, 0.2) is 5.75 Å². The topological polar surface area (TPSA) is 103 Å². The van der Waals surface area contributed by atoms with Crippen molar-refractivity contribution >= 4 is 23.2 Å². The maximum absolute atomic E-state index is 12.6. The molecule has 8 heteroatoms. The van der Waals surface area contributed by atoms with Gasteiger partial charge in [-0.3, -0.25) is 14.9 Å². The number of para-hydroxylation sites is 1. The molecular weight excluding hydrogens is 350 g/mol. The Bertz CT molecular complexity index is 937. The SMILES string of the molecule is COc1cc(C(=O)Nc2ccccc2C2=NC(C)(C)CO2)ccc1[N+](=O)[O-]. The normalized spacial score (nSPS) is 14.9. The summed E-state index contributed by atoms with van der Waals surface area (Å²) in [7, 11) is 1.32. The Hall–Kier alpha value is -3.42. The first-order valence-corrected chi connectivity index (χ1v) is 8.26. The molecule has 0 aliphatic carbocycles. The number of hydrogen-bond donors (Lipinski definition) is 1. The summed E-state index contributed by atoms with van der Waals surface area (Å²) in [4.78, 5) is 27.6. The van der Waals surface area contributed by atoms with Gasteiger partial charge in [-0.25, -0.2) is 4.99 Å². The number of nitrogens with zero attached hydrogens (tertiary/aromatic N) is 2. The highest BCUT2D eigenvalue weighted by Gasteiger charge is 2.28. The van der Waals surface area contributed by atoms with Crippen LogP contribution in [0.25, 0.3) is 0 Å². The number of hydrogen-bond acceptors (Lipinski definition) is 6. The lowest BCUT2D eigenvalue weighted by Gasteiger charge is -2.11. The van der Waals surface area contributed by atoms with Crippen molar-refractivity contribution in [2.24, 2.45) is 4.99 Å². The fraction of sp³-hybridized carbons (Fsp3) is 0.263. The number of methoxy groups -OCH3 is 1. The third-order valence-electron chi connectivity index (χ3n) is 4.01. The standard InChI is InChI=1S/C19H19N3O5/c1-19(2)11-27-18(21-19)13-6-4-5-7-14(13)20-17(23)12-8-9-15(22(24)25)16(10-12)26-3/h4-10H,11H2,1-3H3,(H,20,23).